The van der Waals surface area contributed by atoms with E-state index in [9.17, 15) is 9.59 Å². The van der Waals surface area contributed by atoms with Crippen molar-refractivity contribution in [2.24, 2.45) is 0 Å². The van der Waals surface area contributed by atoms with E-state index in [1.165, 1.54) is 35.1 Å². The van der Waals surface area contributed by atoms with Crippen molar-refractivity contribution < 1.29 is 9.59 Å². The molecule has 150 valence electrons. The van der Waals surface area contributed by atoms with Crippen LogP contribution in [0.15, 0.2) is 58.6 Å². The third-order valence-electron chi connectivity index (χ3n) is 3.72. The third kappa shape index (κ3) is 6.59. The minimum atomic E-state index is -0.151. The average Bonchev–Trinajstić information content (AvgIpc) is 3.15. The van der Waals surface area contributed by atoms with Crippen LogP contribution in [0.1, 0.15) is 22.8 Å². The van der Waals surface area contributed by atoms with Crippen LogP contribution in [-0.4, -0.2) is 32.7 Å². The Bertz CT molecular complexity index is 972. The molecule has 0 radical (unpaired) electrons. The van der Waals surface area contributed by atoms with E-state index in [1.54, 1.807) is 12.1 Å². The zero-order valence-corrected chi connectivity index (χ0v) is 18.4. The van der Waals surface area contributed by atoms with Crippen molar-refractivity contribution in [3.8, 4) is 0 Å². The predicted octanol–water partition coefficient (Wildman–Crippen LogP) is 4.94. The highest BCUT2D eigenvalue weighted by atomic mass is 32.2. The monoisotopic (exact) mass is 444 g/mol. The molecule has 0 aliphatic heterocycles. The highest BCUT2D eigenvalue weighted by Gasteiger charge is 2.09. The summed E-state index contributed by atoms with van der Waals surface area (Å²) in [5, 5.41) is 6.84. The molecule has 0 spiro atoms. The number of hydrogen-bond donors (Lipinski definition) is 2. The van der Waals surface area contributed by atoms with Crippen molar-refractivity contribution in [1.82, 2.24) is 9.36 Å². The molecule has 2 aromatic carbocycles. The summed E-state index contributed by atoms with van der Waals surface area (Å²) in [5.74, 6) is 0.880. The van der Waals surface area contributed by atoms with E-state index >= 15 is 0 Å². The van der Waals surface area contributed by atoms with Crippen LogP contribution < -0.4 is 10.6 Å². The van der Waals surface area contributed by atoms with Gasteiger partial charge in [0, 0.05) is 27.7 Å². The van der Waals surface area contributed by atoms with Crippen LogP contribution >= 0.6 is 35.1 Å². The number of hydrogen-bond acceptors (Lipinski definition) is 7. The number of carbonyl (C=O) groups is 2. The Hall–Kier alpha value is -2.36. The summed E-state index contributed by atoms with van der Waals surface area (Å²) in [7, 11) is 0. The van der Waals surface area contributed by atoms with Gasteiger partial charge in [0.25, 0.3) is 5.91 Å². The summed E-state index contributed by atoms with van der Waals surface area (Å²) in [6.45, 7) is 4.01. The quantitative estimate of drug-likeness (QED) is 0.479. The molecule has 0 bridgehead atoms. The molecule has 0 fully saturated rings. The number of nitrogens with one attached hydrogen (secondary N) is 2. The van der Waals surface area contributed by atoms with E-state index in [1.807, 2.05) is 50.2 Å². The normalized spacial score (nSPS) is 10.6. The number of thioether (sulfide) groups is 2. The second kappa shape index (κ2) is 10.4. The lowest BCUT2D eigenvalue weighted by atomic mass is 10.1. The maximum atomic E-state index is 12.3. The molecule has 29 heavy (non-hydrogen) atoms. The molecule has 2 amide bonds. The van der Waals surface area contributed by atoms with Gasteiger partial charge in [-0.1, -0.05) is 36.4 Å². The molecule has 9 heteroatoms. The number of amides is 2. The molecule has 0 saturated carbocycles. The minimum Gasteiger partial charge on any atom is -0.322 e. The highest BCUT2D eigenvalue weighted by Crippen LogP contribution is 2.23. The lowest BCUT2D eigenvalue weighted by molar-refractivity contribution is -0.113. The van der Waals surface area contributed by atoms with Crippen LogP contribution in [0.2, 0.25) is 0 Å². The number of carbonyl (C=O) groups excluding carboxylic acids is 2. The van der Waals surface area contributed by atoms with E-state index in [-0.39, 0.29) is 17.6 Å². The topological polar surface area (TPSA) is 84.0 Å². The number of anilines is 2. The van der Waals surface area contributed by atoms with Gasteiger partial charge in [-0.3, -0.25) is 14.9 Å². The van der Waals surface area contributed by atoms with Crippen molar-refractivity contribution in [2.75, 3.05) is 22.1 Å². The van der Waals surface area contributed by atoms with Gasteiger partial charge in [0.1, 0.15) is 0 Å². The fourth-order valence-corrected chi connectivity index (χ4v) is 4.28. The second-order valence-electron chi connectivity index (χ2n) is 6.00. The first-order valence-electron chi connectivity index (χ1n) is 8.90. The fourth-order valence-electron chi connectivity index (χ4n) is 2.30. The molecular weight excluding hydrogens is 424 g/mol. The van der Waals surface area contributed by atoms with Crippen molar-refractivity contribution in [2.45, 2.75) is 23.9 Å². The summed E-state index contributed by atoms with van der Waals surface area (Å²) >= 11 is 4.14. The molecule has 0 aliphatic carbocycles. The van der Waals surface area contributed by atoms with E-state index in [0.717, 1.165) is 16.2 Å². The first-order chi connectivity index (χ1) is 14.0. The lowest BCUT2D eigenvalue weighted by Gasteiger charge is -2.07. The molecule has 0 unspecified atom stereocenters. The van der Waals surface area contributed by atoms with Gasteiger partial charge >= 0.3 is 0 Å². The number of rotatable bonds is 8. The van der Waals surface area contributed by atoms with Crippen LogP contribution in [0.3, 0.4) is 0 Å². The van der Waals surface area contributed by atoms with Crippen LogP contribution in [0.4, 0.5) is 10.8 Å². The first-order valence-corrected chi connectivity index (χ1v) is 11.6. The Balaban J connectivity index is 1.47. The van der Waals surface area contributed by atoms with E-state index in [0.29, 0.717) is 21.5 Å². The molecule has 6 nitrogen and oxygen atoms in total. The Kier molecular flexibility index (Phi) is 7.68. The lowest BCUT2D eigenvalue weighted by Crippen LogP contribution is -2.13. The number of nitrogens with zero attached hydrogens (tertiary/aromatic N) is 2. The van der Waals surface area contributed by atoms with Crippen LogP contribution in [0.5, 0.6) is 0 Å². The molecule has 0 aliphatic rings. The average molecular weight is 445 g/mol. The summed E-state index contributed by atoms with van der Waals surface area (Å²) in [6.07, 6.45) is 0. The fraction of sp³-hybridized carbons (Fsp3) is 0.200. The molecule has 3 rings (SSSR count). The number of benzene rings is 2. The predicted molar refractivity (Wildman–Crippen MR) is 121 cm³/mol. The van der Waals surface area contributed by atoms with Crippen molar-refractivity contribution in [3.05, 3.63) is 59.7 Å². The van der Waals surface area contributed by atoms with Crippen molar-refractivity contribution in [3.63, 3.8) is 0 Å². The Labute approximate surface area is 182 Å². The Morgan fingerprint density at radius 2 is 1.72 bits per heavy atom. The third-order valence-corrected chi connectivity index (χ3v) is 6.21. The van der Waals surface area contributed by atoms with Crippen LogP contribution in [0, 0.1) is 6.92 Å². The molecule has 1 aromatic heterocycles. The maximum Gasteiger partial charge on any atom is 0.255 e. The summed E-state index contributed by atoms with van der Waals surface area (Å²) in [4.78, 5) is 29.5. The second-order valence-corrected chi connectivity index (χ2v) is 9.03. The Morgan fingerprint density at radius 3 is 2.41 bits per heavy atom. The minimum absolute atomic E-state index is 0.129. The van der Waals surface area contributed by atoms with Gasteiger partial charge in [-0.25, -0.2) is 0 Å². The van der Waals surface area contributed by atoms with Gasteiger partial charge in [0.05, 0.1) is 5.75 Å². The summed E-state index contributed by atoms with van der Waals surface area (Å²) in [5.41, 5.74) is 2.43. The largest absolute Gasteiger partial charge is 0.322 e. The van der Waals surface area contributed by atoms with Crippen molar-refractivity contribution >= 4 is 57.7 Å². The molecule has 1 heterocycles. The van der Waals surface area contributed by atoms with E-state index in [2.05, 4.69) is 20.0 Å². The molecule has 0 atom stereocenters. The molecule has 2 N–H and O–H groups in total. The highest BCUT2D eigenvalue weighted by molar-refractivity contribution is 8.00. The SMILES string of the molecule is CCSc1nsc(NC(=O)CSc2ccc(NC(=O)c3ccc(C)cc3)cc2)n1. The van der Waals surface area contributed by atoms with Gasteiger partial charge in [-0.15, -0.1) is 11.8 Å². The number of aromatic nitrogens is 2. The smallest absolute Gasteiger partial charge is 0.255 e. The standard InChI is InChI=1S/C20H20N4O2S3/c1-3-27-20-23-19(29-24-20)22-17(25)12-28-16-10-8-15(9-11-16)21-18(26)14-6-4-13(2)5-7-14/h4-11H,3,12H2,1-2H3,(H,21,26)(H,22,23,24,25). The van der Waals surface area contributed by atoms with Gasteiger partial charge in [0.15, 0.2) is 0 Å². The first kappa shape index (κ1) is 21.4. The maximum absolute atomic E-state index is 12.3. The summed E-state index contributed by atoms with van der Waals surface area (Å²) in [6, 6.07) is 14.8. The van der Waals surface area contributed by atoms with Crippen molar-refractivity contribution in [1.29, 1.82) is 0 Å². The van der Waals surface area contributed by atoms with Gasteiger partial charge in [-0.2, -0.15) is 9.36 Å². The molecule has 3 aromatic rings. The van der Waals surface area contributed by atoms with Gasteiger partial charge in [0.2, 0.25) is 16.2 Å². The molecular formula is C20H20N4O2S3. The van der Waals surface area contributed by atoms with Crippen LogP contribution in [-0.2, 0) is 4.79 Å². The van der Waals surface area contributed by atoms with Gasteiger partial charge < -0.3 is 5.32 Å². The number of aryl methyl sites for hydroxylation is 1. The Morgan fingerprint density at radius 1 is 1.00 bits per heavy atom. The van der Waals surface area contributed by atoms with E-state index in [4.69, 9.17) is 0 Å². The van der Waals surface area contributed by atoms with Gasteiger partial charge in [-0.05, 0) is 49.1 Å². The molecule has 0 saturated heterocycles. The zero-order valence-electron chi connectivity index (χ0n) is 16.0. The zero-order chi connectivity index (χ0) is 20.6. The van der Waals surface area contributed by atoms with Crippen LogP contribution in [0.25, 0.3) is 0 Å². The van der Waals surface area contributed by atoms with E-state index < -0.39 is 0 Å². The summed E-state index contributed by atoms with van der Waals surface area (Å²) < 4.78 is 4.17.